The van der Waals surface area contributed by atoms with Crippen molar-refractivity contribution in [2.24, 2.45) is 0 Å². The number of H-pyrrole nitrogens is 1. The first-order chi connectivity index (χ1) is 10.0. The Kier molecular flexibility index (Phi) is 3.34. The summed E-state index contributed by atoms with van der Waals surface area (Å²) < 4.78 is 26.9. The summed E-state index contributed by atoms with van der Waals surface area (Å²) >= 11 is 0. The summed E-state index contributed by atoms with van der Waals surface area (Å²) in [5.41, 5.74) is 2.37. The van der Waals surface area contributed by atoms with Crippen LogP contribution >= 0.6 is 0 Å². The lowest BCUT2D eigenvalue weighted by Crippen LogP contribution is -2.15. The van der Waals surface area contributed by atoms with Gasteiger partial charge in [0.2, 0.25) is 10.0 Å². The van der Waals surface area contributed by atoms with E-state index >= 15 is 0 Å². The van der Waals surface area contributed by atoms with Crippen molar-refractivity contribution in [3.8, 4) is 0 Å². The molecule has 0 amide bonds. The van der Waals surface area contributed by atoms with Crippen LogP contribution < -0.4 is 4.72 Å². The first-order valence-corrected chi connectivity index (χ1v) is 8.04. The maximum absolute atomic E-state index is 12.2. The van der Waals surface area contributed by atoms with Gasteiger partial charge in [-0.25, -0.2) is 13.4 Å². The quantitative estimate of drug-likeness (QED) is 0.773. The van der Waals surface area contributed by atoms with Crippen molar-refractivity contribution in [3.63, 3.8) is 0 Å². The lowest BCUT2D eigenvalue weighted by Gasteiger charge is -2.06. The van der Waals surface area contributed by atoms with Crippen molar-refractivity contribution in [2.45, 2.75) is 12.7 Å². The molecule has 0 saturated carbocycles. The summed E-state index contributed by atoms with van der Waals surface area (Å²) in [4.78, 5) is 4.07. The third-order valence-electron chi connectivity index (χ3n) is 3.07. The number of anilines is 1. The molecular weight excluding hydrogens is 288 g/mol. The topological polar surface area (TPSA) is 87.7 Å². The van der Waals surface area contributed by atoms with E-state index in [0.717, 1.165) is 11.1 Å². The number of rotatable bonds is 4. The summed E-state index contributed by atoms with van der Waals surface area (Å²) in [6.45, 7) is 1.96. The average Bonchev–Trinajstić information content (AvgIpc) is 2.84. The smallest absolute Gasteiger partial charge is 0.238 e. The molecule has 0 radical (unpaired) electrons. The van der Waals surface area contributed by atoms with E-state index in [1.807, 2.05) is 19.1 Å². The number of pyridine rings is 1. The minimum Gasteiger partial charge on any atom is -0.265 e. The molecule has 6 nitrogen and oxygen atoms in total. The van der Waals surface area contributed by atoms with Crippen LogP contribution in [0, 0.1) is 6.92 Å². The van der Waals surface area contributed by atoms with Gasteiger partial charge in [0.05, 0.1) is 11.1 Å². The van der Waals surface area contributed by atoms with Crippen LogP contribution in [0.25, 0.3) is 11.0 Å². The summed E-state index contributed by atoms with van der Waals surface area (Å²) in [5.74, 6) is 0.173. The molecule has 0 saturated heterocycles. The maximum atomic E-state index is 12.2. The van der Waals surface area contributed by atoms with Gasteiger partial charge in [0, 0.05) is 6.20 Å². The van der Waals surface area contributed by atoms with Crippen LogP contribution in [0.1, 0.15) is 11.1 Å². The fraction of sp³-hybridized carbons (Fsp3) is 0.143. The van der Waals surface area contributed by atoms with Crippen LogP contribution in [0.5, 0.6) is 0 Å². The fourth-order valence-electron chi connectivity index (χ4n) is 2.02. The summed E-state index contributed by atoms with van der Waals surface area (Å²) in [5, 5.41) is 7.30. The molecule has 3 aromatic rings. The van der Waals surface area contributed by atoms with Gasteiger partial charge in [-0.05, 0) is 24.6 Å². The highest BCUT2D eigenvalue weighted by atomic mass is 32.2. The van der Waals surface area contributed by atoms with Gasteiger partial charge in [-0.1, -0.05) is 29.8 Å². The molecule has 3 rings (SSSR count). The van der Waals surface area contributed by atoms with E-state index in [1.165, 1.54) is 0 Å². The third kappa shape index (κ3) is 3.03. The zero-order valence-electron chi connectivity index (χ0n) is 11.4. The number of aromatic nitrogens is 3. The molecule has 0 unspecified atom stereocenters. The van der Waals surface area contributed by atoms with Crippen molar-refractivity contribution >= 4 is 26.9 Å². The summed E-state index contributed by atoms with van der Waals surface area (Å²) in [7, 11) is -3.52. The van der Waals surface area contributed by atoms with Crippen molar-refractivity contribution in [2.75, 3.05) is 4.72 Å². The second-order valence-corrected chi connectivity index (χ2v) is 6.54. The Balaban J connectivity index is 1.84. The first kappa shape index (κ1) is 13.6. The van der Waals surface area contributed by atoms with Gasteiger partial charge in [-0.15, -0.1) is 0 Å². The maximum Gasteiger partial charge on any atom is 0.238 e. The molecule has 0 fully saturated rings. The van der Waals surface area contributed by atoms with Crippen LogP contribution in [-0.4, -0.2) is 23.6 Å². The Bertz CT molecular complexity index is 869. The average molecular weight is 302 g/mol. The van der Waals surface area contributed by atoms with Gasteiger partial charge in [-0.3, -0.25) is 9.82 Å². The first-order valence-electron chi connectivity index (χ1n) is 6.39. The van der Waals surface area contributed by atoms with Crippen LogP contribution in [0.15, 0.2) is 42.6 Å². The zero-order valence-corrected chi connectivity index (χ0v) is 12.2. The number of hydrogen-bond acceptors (Lipinski definition) is 4. The molecule has 0 atom stereocenters. The Labute approximate surface area is 122 Å². The number of aryl methyl sites for hydroxylation is 1. The molecule has 0 bridgehead atoms. The molecule has 0 aliphatic heterocycles. The number of fused-ring (bicyclic) bond motifs is 1. The normalized spacial score (nSPS) is 11.7. The molecule has 0 spiro atoms. The second-order valence-electron chi connectivity index (χ2n) is 4.82. The third-order valence-corrected chi connectivity index (χ3v) is 4.28. The highest BCUT2D eigenvalue weighted by Crippen LogP contribution is 2.20. The standard InChI is InChI=1S/C14H14N4O2S/c1-10-4-6-11(7-5-10)9-21(19,20)18-14-12-3-2-8-15-13(12)16-17-14/h2-8H,9H2,1H3,(H2,15,16,17,18). The van der Waals surface area contributed by atoms with Crippen LogP contribution in [0.4, 0.5) is 5.82 Å². The molecule has 7 heteroatoms. The van der Waals surface area contributed by atoms with E-state index in [1.54, 1.807) is 30.5 Å². The molecule has 21 heavy (non-hydrogen) atoms. The molecule has 108 valence electrons. The van der Waals surface area contributed by atoms with Gasteiger partial charge >= 0.3 is 0 Å². The Hall–Kier alpha value is -2.41. The predicted octanol–water partition coefficient (Wildman–Crippen LogP) is 2.21. The molecule has 0 aliphatic rings. The van der Waals surface area contributed by atoms with Gasteiger partial charge < -0.3 is 0 Å². The number of benzene rings is 1. The molecule has 2 N–H and O–H groups in total. The van der Waals surface area contributed by atoms with E-state index in [9.17, 15) is 8.42 Å². The number of aromatic amines is 1. The van der Waals surface area contributed by atoms with Gasteiger partial charge in [0.25, 0.3) is 0 Å². The van der Waals surface area contributed by atoms with Crippen LogP contribution in [0.3, 0.4) is 0 Å². The van der Waals surface area contributed by atoms with E-state index < -0.39 is 10.0 Å². The SMILES string of the molecule is Cc1ccc(CS(=O)(=O)Nc2n[nH]c3ncccc23)cc1. The largest absolute Gasteiger partial charge is 0.265 e. The van der Waals surface area contributed by atoms with E-state index in [4.69, 9.17) is 0 Å². The molecule has 1 aromatic carbocycles. The van der Waals surface area contributed by atoms with E-state index in [-0.39, 0.29) is 11.6 Å². The highest BCUT2D eigenvalue weighted by Gasteiger charge is 2.15. The van der Waals surface area contributed by atoms with Crippen molar-refractivity contribution < 1.29 is 8.42 Å². The molecule has 2 aromatic heterocycles. The monoisotopic (exact) mass is 302 g/mol. The summed E-state index contributed by atoms with van der Waals surface area (Å²) in [6, 6.07) is 10.9. The summed E-state index contributed by atoms with van der Waals surface area (Å²) in [6.07, 6.45) is 1.62. The van der Waals surface area contributed by atoms with Gasteiger partial charge in [-0.2, -0.15) is 5.10 Å². The molecule has 2 heterocycles. The van der Waals surface area contributed by atoms with Crippen LogP contribution in [0.2, 0.25) is 0 Å². The van der Waals surface area contributed by atoms with Crippen LogP contribution in [-0.2, 0) is 15.8 Å². The van der Waals surface area contributed by atoms with Crippen molar-refractivity contribution in [3.05, 3.63) is 53.7 Å². The van der Waals surface area contributed by atoms with Crippen molar-refractivity contribution in [1.29, 1.82) is 0 Å². The lowest BCUT2D eigenvalue weighted by molar-refractivity contribution is 0.600. The Morgan fingerprint density at radius 1 is 1.19 bits per heavy atom. The van der Waals surface area contributed by atoms with Gasteiger partial charge in [0.1, 0.15) is 0 Å². The van der Waals surface area contributed by atoms with E-state index in [2.05, 4.69) is 19.9 Å². The van der Waals surface area contributed by atoms with E-state index in [0.29, 0.717) is 11.0 Å². The predicted molar refractivity (Wildman–Crippen MR) is 81.3 cm³/mol. The lowest BCUT2D eigenvalue weighted by atomic mass is 10.2. The highest BCUT2D eigenvalue weighted by molar-refractivity contribution is 7.91. The number of hydrogen-bond donors (Lipinski definition) is 2. The zero-order chi connectivity index (χ0) is 14.9. The number of nitrogens with one attached hydrogen (secondary N) is 2. The molecule has 0 aliphatic carbocycles. The number of nitrogens with zero attached hydrogens (tertiary/aromatic N) is 2. The minimum absolute atomic E-state index is 0.0953. The Morgan fingerprint density at radius 3 is 2.71 bits per heavy atom. The molecular formula is C14H14N4O2S. The van der Waals surface area contributed by atoms with Crippen molar-refractivity contribution in [1.82, 2.24) is 15.2 Å². The van der Waals surface area contributed by atoms with Gasteiger partial charge in [0.15, 0.2) is 11.5 Å². The second kappa shape index (κ2) is 5.17. The number of sulfonamides is 1. The minimum atomic E-state index is -3.52. The Morgan fingerprint density at radius 2 is 1.95 bits per heavy atom. The fourth-order valence-corrected chi connectivity index (χ4v) is 3.17.